The van der Waals surface area contributed by atoms with E-state index in [2.05, 4.69) is 5.32 Å². The lowest BCUT2D eigenvalue weighted by molar-refractivity contribution is -0.118. The zero-order valence-electron chi connectivity index (χ0n) is 12.3. The molecule has 0 saturated carbocycles. The number of nitrogens with zero attached hydrogens (tertiary/aromatic N) is 1. The Morgan fingerprint density at radius 2 is 2.17 bits per heavy atom. The van der Waals surface area contributed by atoms with E-state index in [0.717, 1.165) is 0 Å². The van der Waals surface area contributed by atoms with Crippen LogP contribution in [0.4, 0.5) is 5.69 Å². The number of piperidine rings is 1. The van der Waals surface area contributed by atoms with Crippen LogP contribution in [0.3, 0.4) is 0 Å². The molecule has 0 bridgehead atoms. The number of ether oxygens (including phenoxy) is 1. The molecule has 1 amide bonds. The number of hydrogen-bond donors (Lipinski definition) is 3. The number of carbonyl (C=O) groups is 1. The van der Waals surface area contributed by atoms with Crippen molar-refractivity contribution in [2.75, 3.05) is 31.6 Å². The topological polar surface area (TPSA) is 116 Å². The highest BCUT2D eigenvalue weighted by molar-refractivity contribution is 7.89. The average Bonchev–Trinajstić information content (AvgIpc) is 2.54. The molecule has 0 unspecified atom stereocenters. The Morgan fingerprint density at radius 1 is 1.39 bits per heavy atom. The van der Waals surface area contributed by atoms with Crippen LogP contribution in [0.5, 0.6) is 5.75 Å². The highest BCUT2D eigenvalue weighted by Gasteiger charge is 2.34. The van der Waals surface area contributed by atoms with Crippen LogP contribution in [0, 0.1) is 5.92 Å². The smallest absolute Gasteiger partial charge is 0.262 e. The fourth-order valence-corrected chi connectivity index (χ4v) is 4.25. The van der Waals surface area contributed by atoms with Crippen LogP contribution < -0.4 is 10.1 Å². The molecule has 0 aromatic heterocycles. The standard InChI is InChI=1S/C14H18N2O6S/c17-7-9-3-4-16(6-12(9)18)23(20,21)10-1-2-13-11(5-10)15-14(19)8-22-13/h1-2,5,9,12,17-18H,3-4,6-8H2,(H,15,19)/t9-,12+/m0/s1. The predicted molar refractivity (Wildman–Crippen MR) is 80.5 cm³/mol. The van der Waals surface area contributed by atoms with Crippen molar-refractivity contribution in [1.29, 1.82) is 0 Å². The van der Waals surface area contributed by atoms with Gasteiger partial charge in [0.2, 0.25) is 10.0 Å². The molecule has 2 heterocycles. The third-order valence-corrected chi connectivity index (χ3v) is 6.00. The second-order valence-electron chi connectivity index (χ2n) is 5.66. The minimum atomic E-state index is -3.79. The van der Waals surface area contributed by atoms with E-state index in [1.54, 1.807) is 0 Å². The third-order valence-electron chi connectivity index (χ3n) is 4.14. The van der Waals surface area contributed by atoms with E-state index in [9.17, 15) is 18.3 Å². The predicted octanol–water partition coefficient (Wildman–Crippen LogP) is -0.619. The summed E-state index contributed by atoms with van der Waals surface area (Å²) in [6, 6.07) is 4.26. The molecule has 2 aliphatic rings. The van der Waals surface area contributed by atoms with Crippen LogP contribution in [-0.4, -0.2) is 61.3 Å². The molecule has 1 aromatic carbocycles. The molecule has 2 atom stereocenters. The summed E-state index contributed by atoms with van der Waals surface area (Å²) in [5.74, 6) is -0.230. The highest BCUT2D eigenvalue weighted by atomic mass is 32.2. The largest absolute Gasteiger partial charge is 0.482 e. The van der Waals surface area contributed by atoms with Gasteiger partial charge >= 0.3 is 0 Å². The molecule has 0 aliphatic carbocycles. The number of amides is 1. The minimum absolute atomic E-state index is 0.0247. The van der Waals surface area contributed by atoms with E-state index < -0.39 is 16.1 Å². The molecule has 1 saturated heterocycles. The highest BCUT2D eigenvalue weighted by Crippen LogP contribution is 2.32. The van der Waals surface area contributed by atoms with Gasteiger partial charge in [-0.05, 0) is 24.6 Å². The van der Waals surface area contributed by atoms with Crippen LogP contribution in [0.25, 0.3) is 0 Å². The fourth-order valence-electron chi connectivity index (χ4n) is 2.75. The first-order chi connectivity index (χ1) is 10.9. The molecule has 23 heavy (non-hydrogen) atoms. The molecule has 0 spiro atoms. The molecule has 1 aromatic rings. The number of nitrogens with one attached hydrogen (secondary N) is 1. The molecule has 126 valence electrons. The van der Waals surface area contributed by atoms with Gasteiger partial charge < -0.3 is 20.3 Å². The number of β-amino-alcohol motifs (C(OH)–C–C–N with tert-alkyl or cyclic N) is 1. The first kappa shape index (κ1) is 16.2. The Labute approximate surface area is 133 Å². The maximum Gasteiger partial charge on any atom is 0.262 e. The summed E-state index contributed by atoms with van der Waals surface area (Å²) < 4.78 is 31.8. The molecule has 3 N–H and O–H groups in total. The van der Waals surface area contributed by atoms with Gasteiger partial charge in [-0.25, -0.2) is 8.42 Å². The molecular weight excluding hydrogens is 324 g/mol. The molecule has 1 fully saturated rings. The van der Waals surface area contributed by atoms with E-state index >= 15 is 0 Å². The summed E-state index contributed by atoms with van der Waals surface area (Å²) >= 11 is 0. The van der Waals surface area contributed by atoms with Crippen LogP contribution in [0.15, 0.2) is 23.1 Å². The van der Waals surface area contributed by atoms with Crippen molar-refractivity contribution in [1.82, 2.24) is 4.31 Å². The van der Waals surface area contributed by atoms with Crippen LogP contribution in [0.1, 0.15) is 6.42 Å². The lowest BCUT2D eigenvalue weighted by Crippen LogP contribution is -2.47. The average molecular weight is 342 g/mol. The Bertz CT molecular complexity index is 720. The monoisotopic (exact) mass is 342 g/mol. The van der Waals surface area contributed by atoms with Gasteiger partial charge in [0.05, 0.1) is 16.7 Å². The molecule has 9 heteroatoms. The fraction of sp³-hybridized carbons (Fsp3) is 0.500. The lowest BCUT2D eigenvalue weighted by Gasteiger charge is -2.34. The maximum atomic E-state index is 12.7. The zero-order valence-corrected chi connectivity index (χ0v) is 13.1. The molecule has 0 radical (unpaired) electrons. The van der Waals surface area contributed by atoms with Gasteiger partial charge in [0.25, 0.3) is 5.91 Å². The third kappa shape index (κ3) is 3.05. The normalized spacial score (nSPS) is 25.4. The van der Waals surface area contributed by atoms with Crippen molar-refractivity contribution in [3.63, 3.8) is 0 Å². The zero-order chi connectivity index (χ0) is 16.6. The Balaban J connectivity index is 1.86. The number of anilines is 1. The first-order valence-electron chi connectivity index (χ1n) is 7.27. The summed E-state index contributed by atoms with van der Waals surface area (Å²) in [5, 5.41) is 21.6. The Kier molecular flexibility index (Phi) is 4.28. The lowest BCUT2D eigenvalue weighted by atomic mass is 9.96. The van der Waals surface area contributed by atoms with E-state index in [4.69, 9.17) is 9.84 Å². The van der Waals surface area contributed by atoms with Gasteiger partial charge in [0, 0.05) is 25.6 Å². The van der Waals surface area contributed by atoms with Crippen LogP contribution >= 0.6 is 0 Å². The number of sulfonamides is 1. The van der Waals surface area contributed by atoms with Gasteiger partial charge in [-0.2, -0.15) is 4.31 Å². The van der Waals surface area contributed by atoms with Crippen molar-refractivity contribution in [2.45, 2.75) is 17.4 Å². The van der Waals surface area contributed by atoms with Crippen LogP contribution in [-0.2, 0) is 14.8 Å². The number of aliphatic hydroxyl groups is 2. The number of hydrogen-bond acceptors (Lipinski definition) is 6. The van der Waals surface area contributed by atoms with Crippen molar-refractivity contribution in [3.8, 4) is 5.75 Å². The van der Waals surface area contributed by atoms with Crippen molar-refractivity contribution in [2.24, 2.45) is 5.92 Å². The Hall–Kier alpha value is -1.68. The minimum Gasteiger partial charge on any atom is -0.482 e. The van der Waals surface area contributed by atoms with Crippen molar-refractivity contribution in [3.05, 3.63) is 18.2 Å². The van der Waals surface area contributed by atoms with Crippen molar-refractivity contribution < 1.29 is 28.2 Å². The van der Waals surface area contributed by atoms with E-state index in [1.165, 1.54) is 22.5 Å². The van der Waals surface area contributed by atoms with Crippen molar-refractivity contribution >= 4 is 21.6 Å². The second-order valence-corrected chi connectivity index (χ2v) is 7.59. The number of aliphatic hydroxyl groups excluding tert-OH is 2. The maximum absolute atomic E-state index is 12.7. The summed E-state index contributed by atoms with van der Waals surface area (Å²) in [6.45, 7) is -0.102. The summed E-state index contributed by atoms with van der Waals surface area (Å²) in [5.41, 5.74) is 0.313. The summed E-state index contributed by atoms with van der Waals surface area (Å²) in [4.78, 5) is 11.4. The second kappa shape index (κ2) is 6.08. The van der Waals surface area contributed by atoms with E-state index in [-0.39, 0.29) is 43.0 Å². The van der Waals surface area contributed by atoms with Gasteiger partial charge in [-0.3, -0.25) is 4.79 Å². The number of carbonyl (C=O) groups excluding carboxylic acids is 1. The SMILES string of the molecule is O=C1COc2ccc(S(=O)(=O)N3CC[C@@H](CO)[C@H](O)C3)cc2N1. The molecule has 2 aliphatic heterocycles. The van der Waals surface area contributed by atoms with E-state index in [0.29, 0.717) is 17.9 Å². The van der Waals surface area contributed by atoms with Crippen LogP contribution in [0.2, 0.25) is 0 Å². The molecule has 3 rings (SSSR count). The van der Waals surface area contributed by atoms with Gasteiger partial charge in [-0.15, -0.1) is 0 Å². The number of rotatable bonds is 3. The van der Waals surface area contributed by atoms with Gasteiger partial charge in [0.1, 0.15) is 5.75 Å². The van der Waals surface area contributed by atoms with Gasteiger partial charge in [-0.1, -0.05) is 0 Å². The summed E-state index contributed by atoms with van der Waals surface area (Å²) in [7, 11) is -3.79. The Morgan fingerprint density at radius 3 is 2.87 bits per heavy atom. The molecular formula is C14H18N2O6S. The van der Waals surface area contributed by atoms with E-state index in [1.807, 2.05) is 0 Å². The summed E-state index contributed by atoms with van der Waals surface area (Å²) in [6.07, 6.45) is -0.508. The number of fused-ring (bicyclic) bond motifs is 1. The quantitative estimate of drug-likeness (QED) is 0.674. The molecule has 8 nitrogen and oxygen atoms in total. The number of benzene rings is 1. The first-order valence-corrected chi connectivity index (χ1v) is 8.71. The van der Waals surface area contributed by atoms with Gasteiger partial charge in [0.15, 0.2) is 6.61 Å².